The number of rotatable bonds is 7. The summed E-state index contributed by atoms with van der Waals surface area (Å²) in [7, 11) is -3.08. The summed E-state index contributed by atoms with van der Waals surface area (Å²) in [4.78, 5) is 4.53. The van der Waals surface area contributed by atoms with E-state index in [4.69, 9.17) is 0 Å². The van der Waals surface area contributed by atoms with Gasteiger partial charge >= 0.3 is 0 Å². The predicted octanol–water partition coefficient (Wildman–Crippen LogP) is 3.72. The van der Waals surface area contributed by atoms with E-state index in [0.29, 0.717) is 18.5 Å². The topological polar surface area (TPSA) is 71.1 Å². The number of thiophene rings is 1. The predicted molar refractivity (Wildman–Crippen MR) is 104 cm³/mol. The van der Waals surface area contributed by atoms with E-state index >= 15 is 0 Å². The summed E-state index contributed by atoms with van der Waals surface area (Å²) in [5, 5.41) is 7.70. The van der Waals surface area contributed by atoms with E-state index in [0.717, 1.165) is 37.1 Å². The molecule has 0 amide bonds. The third-order valence-corrected chi connectivity index (χ3v) is 6.84. The maximum absolute atomic E-state index is 11.5. The average Bonchev–Trinajstić information content (AvgIpc) is 3.17. The molecule has 0 aliphatic heterocycles. The number of nitrogens with one attached hydrogen (secondary N) is 2. The van der Waals surface area contributed by atoms with E-state index in [1.165, 1.54) is 5.56 Å². The highest BCUT2D eigenvalue weighted by Gasteiger charge is 2.22. The van der Waals surface area contributed by atoms with Gasteiger partial charge in [-0.1, -0.05) is 0 Å². The second-order valence-corrected chi connectivity index (χ2v) is 9.43. The number of anilines is 1. The highest BCUT2D eigenvalue weighted by Crippen LogP contribution is 2.27. The number of sulfonamides is 1. The molecule has 1 fully saturated rings. The average molecular weight is 380 g/mol. The Hall–Kier alpha value is -1.44. The molecule has 7 heteroatoms. The quantitative estimate of drug-likeness (QED) is 0.769. The molecule has 0 aromatic carbocycles. The number of nitrogens with zero attached hydrogens (tertiary/aromatic N) is 1. The molecular formula is C18H25N3O2S2. The Morgan fingerprint density at radius 2 is 1.96 bits per heavy atom. The summed E-state index contributed by atoms with van der Waals surface area (Å²) in [6.45, 7) is 2.23. The Morgan fingerprint density at radius 3 is 2.56 bits per heavy atom. The van der Waals surface area contributed by atoms with Gasteiger partial charge in [-0.05, 0) is 73.0 Å². The summed E-state index contributed by atoms with van der Waals surface area (Å²) in [5.74, 6) is 1.50. The molecule has 3 rings (SSSR count). The largest absolute Gasteiger partial charge is 0.367 e. The minimum atomic E-state index is -3.08. The first kappa shape index (κ1) is 18.4. The van der Waals surface area contributed by atoms with Crippen LogP contribution < -0.4 is 10.0 Å². The second-order valence-electron chi connectivity index (χ2n) is 6.56. The van der Waals surface area contributed by atoms with Crippen molar-refractivity contribution in [2.75, 3.05) is 17.6 Å². The number of hydrogen-bond donors (Lipinski definition) is 2. The first-order valence-electron chi connectivity index (χ1n) is 8.78. The minimum absolute atomic E-state index is 0.150. The van der Waals surface area contributed by atoms with Crippen molar-refractivity contribution in [3.8, 4) is 11.1 Å². The first-order chi connectivity index (χ1) is 12.1. The standard InChI is InChI=1S/C18H25N3O2S2/c1-2-25(22,23)20-11-14-3-6-17(7-4-14)21-18-8-5-15(12-19-18)16-9-10-24-13-16/h5,8-10,12-14,17,20H,2-4,6-7,11H2,1H3,(H,19,21)/t14-,17-. The van der Waals surface area contributed by atoms with Gasteiger partial charge in [-0.2, -0.15) is 11.3 Å². The van der Waals surface area contributed by atoms with Crippen LogP contribution in [0.15, 0.2) is 35.2 Å². The second kappa shape index (κ2) is 8.29. The van der Waals surface area contributed by atoms with Gasteiger partial charge in [0.25, 0.3) is 0 Å². The monoisotopic (exact) mass is 379 g/mol. The van der Waals surface area contributed by atoms with Crippen LogP contribution in [0.2, 0.25) is 0 Å². The molecule has 2 aromatic heterocycles. The van der Waals surface area contributed by atoms with E-state index in [-0.39, 0.29) is 5.75 Å². The molecule has 2 heterocycles. The van der Waals surface area contributed by atoms with Crippen LogP contribution in [0.5, 0.6) is 0 Å². The third-order valence-electron chi connectivity index (χ3n) is 4.79. The van der Waals surface area contributed by atoms with Gasteiger partial charge in [0.15, 0.2) is 0 Å². The lowest BCUT2D eigenvalue weighted by Gasteiger charge is -2.29. The van der Waals surface area contributed by atoms with E-state index in [9.17, 15) is 8.42 Å². The Balaban J connectivity index is 1.46. The normalized spacial score (nSPS) is 21.2. The van der Waals surface area contributed by atoms with Gasteiger partial charge in [0.05, 0.1) is 5.75 Å². The number of pyridine rings is 1. The fourth-order valence-electron chi connectivity index (χ4n) is 3.15. The van der Waals surface area contributed by atoms with Gasteiger partial charge in [-0.15, -0.1) is 0 Å². The van der Waals surface area contributed by atoms with Crippen LogP contribution in [0, 0.1) is 5.92 Å². The van der Waals surface area contributed by atoms with Crippen LogP contribution >= 0.6 is 11.3 Å². The molecule has 0 atom stereocenters. The molecule has 2 aromatic rings. The van der Waals surface area contributed by atoms with Gasteiger partial charge in [0.2, 0.25) is 10.0 Å². The molecule has 0 radical (unpaired) electrons. The Kier molecular flexibility index (Phi) is 6.09. The fraction of sp³-hybridized carbons (Fsp3) is 0.500. The van der Waals surface area contributed by atoms with Crippen molar-refractivity contribution < 1.29 is 8.42 Å². The first-order valence-corrected chi connectivity index (χ1v) is 11.4. The third kappa shape index (κ3) is 5.26. The van der Waals surface area contributed by atoms with E-state index < -0.39 is 10.0 Å². The lowest BCUT2D eigenvalue weighted by molar-refractivity contribution is 0.337. The summed E-state index contributed by atoms with van der Waals surface area (Å²) in [6, 6.07) is 6.65. The van der Waals surface area contributed by atoms with Crippen molar-refractivity contribution in [1.82, 2.24) is 9.71 Å². The molecule has 136 valence electrons. The molecule has 0 saturated heterocycles. The molecule has 2 N–H and O–H groups in total. The van der Waals surface area contributed by atoms with Crippen LogP contribution in [0.4, 0.5) is 5.82 Å². The zero-order chi connectivity index (χ0) is 17.7. The van der Waals surface area contributed by atoms with Crippen LogP contribution in [-0.2, 0) is 10.0 Å². The molecule has 0 spiro atoms. The molecule has 0 bridgehead atoms. The van der Waals surface area contributed by atoms with Crippen molar-refractivity contribution in [1.29, 1.82) is 0 Å². The van der Waals surface area contributed by atoms with Crippen molar-refractivity contribution in [2.24, 2.45) is 5.92 Å². The molecule has 25 heavy (non-hydrogen) atoms. The molecule has 1 aliphatic rings. The Morgan fingerprint density at radius 1 is 1.16 bits per heavy atom. The highest BCUT2D eigenvalue weighted by atomic mass is 32.2. The summed E-state index contributed by atoms with van der Waals surface area (Å²) < 4.78 is 25.8. The van der Waals surface area contributed by atoms with Crippen LogP contribution in [0.25, 0.3) is 11.1 Å². The maximum Gasteiger partial charge on any atom is 0.211 e. The zero-order valence-corrected chi connectivity index (χ0v) is 16.1. The highest BCUT2D eigenvalue weighted by molar-refractivity contribution is 7.89. The van der Waals surface area contributed by atoms with Crippen LogP contribution in [0.3, 0.4) is 0 Å². The van der Waals surface area contributed by atoms with Gasteiger partial charge in [-0.25, -0.2) is 18.1 Å². The number of aromatic nitrogens is 1. The van der Waals surface area contributed by atoms with Gasteiger partial charge < -0.3 is 5.32 Å². The zero-order valence-electron chi connectivity index (χ0n) is 14.4. The minimum Gasteiger partial charge on any atom is -0.367 e. The Labute approximate surface area is 153 Å². The number of hydrogen-bond acceptors (Lipinski definition) is 5. The maximum atomic E-state index is 11.5. The van der Waals surface area contributed by atoms with Crippen molar-refractivity contribution in [3.63, 3.8) is 0 Å². The van der Waals surface area contributed by atoms with Gasteiger partial charge in [0.1, 0.15) is 5.82 Å². The lowest BCUT2D eigenvalue weighted by Crippen LogP contribution is -2.34. The lowest BCUT2D eigenvalue weighted by atomic mass is 9.86. The van der Waals surface area contributed by atoms with Crippen molar-refractivity contribution in [3.05, 3.63) is 35.2 Å². The molecule has 0 unspecified atom stereocenters. The van der Waals surface area contributed by atoms with Gasteiger partial charge in [-0.3, -0.25) is 0 Å². The smallest absolute Gasteiger partial charge is 0.211 e. The molecule has 1 saturated carbocycles. The fourth-order valence-corrected chi connectivity index (χ4v) is 4.50. The van der Waals surface area contributed by atoms with Crippen molar-refractivity contribution in [2.45, 2.75) is 38.6 Å². The van der Waals surface area contributed by atoms with E-state index in [2.05, 4.69) is 37.9 Å². The van der Waals surface area contributed by atoms with E-state index in [1.807, 2.05) is 12.3 Å². The summed E-state index contributed by atoms with van der Waals surface area (Å²) in [6.07, 6.45) is 6.09. The SMILES string of the molecule is CCS(=O)(=O)NC[C@H]1CC[C@H](Nc2ccc(-c3ccsc3)cn2)CC1. The van der Waals surface area contributed by atoms with Crippen molar-refractivity contribution >= 4 is 27.2 Å². The summed E-state index contributed by atoms with van der Waals surface area (Å²) >= 11 is 1.69. The molecule has 1 aliphatic carbocycles. The molecular weight excluding hydrogens is 354 g/mol. The van der Waals surface area contributed by atoms with E-state index in [1.54, 1.807) is 18.3 Å². The molecule has 5 nitrogen and oxygen atoms in total. The van der Waals surface area contributed by atoms with Crippen LogP contribution in [0.1, 0.15) is 32.6 Å². The summed E-state index contributed by atoms with van der Waals surface area (Å²) in [5.41, 5.74) is 2.35. The van der Waals surface area contributed by atoms with Crippen LogP contribution in [-0.4, -0.2) is 31.7 Å². The van der Waals surface area contributed by atoms with Gasteiger partial charge in [0, 0.05) is 24.3 Å². The Bertz CT molecular complexity index is 750.